The number of nitrogens with two attached hydrogens (primary N) is 1. The molecule has 0 unspecified atom stereocenters. The van der Waals surface area contributed by atoms with E-state index in [9.17, 15) is 0 Å². The number of nitrogens with zero attached hydrogens (tertiary/aromatic N) is 2. The molecule has 0 aliphatic carbocycles. The molecule has 0 radical (unpaired) electrons. The number of hydrogen-bond acceptors (Lipinski definition) is 4. The number of aromatic nitrogens is 2. The molecule has 2 N–H and O–H groups in total. The van der Waals surface area contributed by atoms with Crippen LogP contribution in [0, 0.1) is 6.92 Å². The van der Waals surface area contributed by atoms with Crippen molar-refractivity contribution in [3.05, 3.63) is 54.1 Å². The molecule has 1 aromatic heterocycles. The van der Waals surface area contributed by atoms with E-state index in [4.69, 9.17) is 10.2 Å². The van der Waals surface area contributed by atoms with Crippen molar-refractivity contribution >= 4 is 5.69 Å². The number of hydrogen-bond donors (Lipinski definition) is 1. The topological polar surface area (TPSA) is 64.9 Å². The Labute approximate surface area is 110 Å². The van der Waals surface area contributed by atoms with Gasteiger partial charge in [0.1, 0.15) is 0 Å². The molecule has 0 saturated carbocycles. The highest BCUT2D eigenvalue weighted by Crippen LogP contribution is 2.25. The Kier molecular flexibility index (Phi) is 2.76. The van der Waals surface area contributed by atoms with Crippen LogP contribution in [0.2, 0.25) is 0 Å². The molecule has 0 aliphatic heterocycles. The molecule has 94 valence electrons. The molecule has 4 heteroatoms. The second-order valence-corrected chi connectivity index (χ2v) is 4.41. The lowest BCUT2D eigenvalue weighted by Crippen LogP contribution is -1.84. The average Bonchev–Trinajstić information content (AvgIpc) is 2.88. The molecular weight excluding hydrogens is 238 g/mol. The largest absolute Gasteiger partial charge is 0.416 e. The molecule has 4 nitrogen and oxygen atoms in total. The highest BCUT2D eigenvalue weighted by molar-refractivity contribution is 5.61. The zero-order valence-corrected chi connectivity index (χ0v) is 10.5. The minimum absolute atomic E-state index is 0.476. The van der Waals surface area contributed by atoms with Crippen LogP contribution in [0.15, 0.2) is 52.9 Å². The van der Waals surface area contributed by atoms with Gasteiger partial charge in [-0.2, -0.15) is 0 Å². The lowest BCUT2D eigenvalue weighted by molar-refractivity contribution is 0.584. The number of rotatable bonds is 2. The summed E-state index contributed by atoms with van der Waals surface area (Å²) in [5.74, 6) is 0.991. The minimum atomic E-state index is 0.476. The van der Waals surface area contributed by atoms with Crippen LogP contribution in [0.1, 0.15) is 5.56 Å². The van der Waals surface area contributed by atoms with Gasteiger partial charge in [0, 0.05) is 16.8 Å². The summed E-state index contributed by atoms with van der Waals surface area (Å²) >= 11 is 0. The van der Waals surface area contributed by atoms with Crippen molar-refractivity contribution < 1.29 is 4.42 Å². The van der Waals surface area contributed by atoms with E-state index in [1.54, 1.807) is 0 Å². The van der Waals surface area contributed by atoms with Crippen LogP contribution in [-0.4, -0.2) is 10.2 Å². The molecule has 3 rings (SSSR count). The number of anilines is 1. The molecule has 2 aromatic carbocycles. The number of nitrogen functional groups attached to an aromatic ring is 1. The van der Waals surface area contributed by atoms with Gasteiger partial charge in [0.25, 0.3) is 0 Å². The molecule has 0 bridgehead atoms. The number of benzene rings is 2. The predicted octanol–water partition coefficient (Wildman–Crippen LogP) is 3.29. The standard InChI is InChI=1S/C15H13N3O/c1-10-4-2-5-11(8-10)14-17-18-15(19-14)12-6-3-7-13(16)9-12/h2-9H,16H2,1H3. The molecule has 0 fully saturated rings. The normalized spacial score (nSPS) is 10.6. The van der Waals surface area contributed by atoms with Gasteiger partial charge in [-0.15, -0.1) is 10.2 Å². The third-order valence-electron chi connectivity index (χ3n) is 2.82. The van der Waals surface area contributed by atoms with Crippen LogP contribution in [0.3, 0.4) is 0 Å². The molecule has 0 saturated heterocycles. The minimum Gasteiger partial charge on any atom is -0.416 e. The summed E-state index contributed by atoms with van der Waals surface area (Å²) in [5, 5.41) is 8.14. The van der Waals surface area contributed by atoms with Crippen LogP contribution in [0.4, 0.5) is 5.69 Å². The van der Waals surface area contributed by atoms with Crippen molar-refractivity contribution in [1.29, 1.82) is 0 Å². The zero-order chi connectivity index (χ0) is 13.2. The van der Waals surface area contributed by atoms with Gasteiger partial charge < -0.3 is 10.2 Å². The first kappa shape index (κ1) is 11.5. The fraction of sp³-hybridized carbons (Fsp3) is 0.0667. The van der Waals surface area contributed by atoms with Crippen molar-refractivity contribution in [2.45, 2.75) is 6.92 Å². The van der Waals surface area contributed by atoms with E-state index in [0.29, 0.717) is 17.5 Å². The van der Waals surface area contributed by atoms with Crippen molar-refractivity contribution in [2.24, 2.45) is 0 Å². The van der Waals surface area contributed by atoms with Crippen LogP contribution in [-0.2, 0) is 0 Å². The van der Waals surface area contributed by atoms with E-state index in [0.717, 1.165) is 16.7 Å². The first-order valence-corrected chi connectivity index (χ1v) is 5.99. The second-order valence-electron chi connectivity index (χ2n) is 4.41. The fourth-order valence-electron chi connectivity index (χ4n) is 1.91. The zero-order valence-electron chi connectivity index (χ0n) is 10.5. The quantitative estimate of drug-likeness (QED) is 0.710. The Morgan fingerprint density at radius 3 is 2.16 bits per heavy atom. The molecule has 0 amide bonds. The van der Waals surface area contributed by atoms with Crippen LogP contribution in [0.5, 0.6) is 0 Å². The lowest BCUT2D eigenvalue weighted by atomic mass is 10.1. The molecule has 0 atom stereocenters. The third-order valence-corrected chi connectivity index (χ3v) is 2.82. The second kappa shape index (κ2) is 4.57. The van der Waals surface area contributed by atoms with Gasteiger partial charge in [-0.05, 0) is 37.3 Å². The molecule has 3 aromatic rings. The molecular formula is C15H13N3O. The number of aryl methyl sites for hydroxylation is 1. The van der Waals surface area contributed by atoms with E-state index in [2.05, 4.69) is 10.2 Å². The summed E-state index contributed by atoms with van der Waals surface area (Å²) in [6, 6.07) is 15.3. The third kappa shape index (κ3) is 2.33. The van der Waals surface area contributed by atoms with Gasteiger partial charge in [-0.1, -0.05) is 23.8 Å². The summed E-state index contributed by atoms with van der Waals surface area (Å²) < 4.78 is 5.69. The van der Waals surface area contributed by atoms with Gasteiger partial charge >= 0.3 is 0 Å². The van der Waals surface area contributed by atoms with Gasteiger partial charge in [0.05, 0.1) is 0 Å². The SMILES string of the molecule is Cc1cccc(-c2nnc(-c3cccc(N)c3)o2)c1. The summed E-state index contributed by atoms with van der Waals surface area (Å²) in [5.41, 5.74) is 9.32. The molecule has 19 heavy (non-hydrogen) atoms. The predicted molar refractivity (Wildman–Crippen MR) is 74.3 cm³/mol. The maximum Gasteiger partial charge on any atom is 0.248 e. The highest BCUT2D eigenvalue weighted by Gasteiger charge is 2.10. The Balaban J connectivity index is 2.00. The Morgan fingerprint density at radius 1 is 0.895 bits per heavy atom. The van der Waals surface area contributed by atoms with Crippen LogP contribution < -0.4 is 5.73 Å². The van der Waals surface area contributed by atoms with Gasteiger partial charge in [0.15, 0.2) is 0 Å². The Bertz CT molecular complexity index is 659. The van der Waals surface area contributed by atoms with E-state index < -0.39 is 0 Å². The smallest absolute Gasteiger partial charge is 0.248 e. The summed E-state index contributed by atoms with van der Waals surface area (Å²) in [6.45, 7) is 2.03. The Hall–Kier alpha value is -2.62. The fourth-order valence-corrected chi connectivity index (χ4v) is 1.91. The first-order valence-electron chi connectivity index (χ1n) is 5.99. The monoisotopic (exact) mass is 251 g/mol. The van der Waals surface area contributed by atoms with E-state index >= 15 is 0 Å². The van der Waals surface area contributed by atoms with E-state index in [-0.39, 0.29) is 0 Å². The van der Waals surface area contributed by atoms with E-state index in [1.165, 1.54) is 0 Å². The lowest BCUT2D eigenvalue weighted by Gasteiger charge is -1.97. The van der Waals surface area contributed by atoms with Crippen molar-refractivity contribution in [3.63, 3.8) is 0 Å². The van der Waals surface area contributed by atoms with Crippen molar-refractivity contribution in [1.82, 2.24) is 10.2 Å². The summed E-state index contributed by atoms with van der Waals surface area (Å²) in [6.07, 6.45) is 0. The van der Waals surface area contributed by atoms with E-state index in [1.807, 2.05) is 55.5 Å². The summed E-state index contributed by atoms with van der Waals surface area (Å²) in [4.78, 5) is 0. The van der Waals surface area contributed by atoms with Crippen molar-refractivity contribution in [2.75, 3.05) is 5.73 Å². The first-order chi connectivity index (χ1) is 9.22. The maximum atomic E-state index is 5.74. The average molecular weight is 251 g/mol. The summed E-state index contributed by atoms with van der Waals surface area (Å²) in [7, 11) is 0. The van der Waals surface area contributed by atoms with Gasteiger partial charge in [-0.25, -0.2) is 0 Å². The van der Waals surface area contributed by atoms with Gasteiger partial charge in [-0.3, -0.25) is 0 Å². The van der Waals surface area contributed by atoms with Crippen LogP contribution >= 0.6 is 0 Å². The maximum absolute atomic E-state index is 5.74. The van der Waals surface area contributed by atoms with Gasteiger partial charge in [0.2, 0.25) is 11.8 Å². The molecule has 0 aliphatic rings. The van der Waals surface area contributed by atoms with Crippen LogP contribution in [0.25, 0.3) is 22.9 Å². The Morgan fingerprint density at radius 2 is 1.53 bits per heavy atom. The highest BCUT2D eigenvalue weighted by atomic mass is 16.4. The molecule has 1 heterocycles. The van der Waals surface area contributed by atoms with Crippen molar-refractivity contribution in [3.8, 4) is 22.9 Å². The molecule has 0 spiro atoms.